The number of hydrogen-bond acceptors (Lipinski definition) is 3. The number of alkyl halides is 3. The van der Waals surface area contributed by atoms with E-state index in [1.807, 2.05) is 0 Å². The minimum atomic E-state index is -4.41. The van der Waals surface area contributed by atoms with E-state index < -0.39 is 11.7 Å². The van der Waals surface area contributed by atoms with Gasteiger partial charge >= 0.3 is 6.18 Å². The zero-order chi connectivity index (χ0) is 17.7. The maximum atomic E-state index is 13.1. The molecule has 4 nitrogen and oxygen atoms in total. The van der Waals surface area contributed by atoms with Gasteiger partial charge in [0, 0.05) is 12.6 Å². The van der Waals surface area contributed by atoms with E-state index in [-0.39, 0.29) is 23.9 Å². The molecule has 0 radical (unpaired) electrons. The van der Waals surface area contributed by atoms with Gasteiger partial charge in [-0.15, -0.1) is 0 Å². The van der Waals surface area contributed by atoms with Gasteiger partial charge in [-0.05, 0) is 38.0 Å². The Hall–Kier alpha value is -2.44. The number of rotatable bonds is 5. The Bertz CT molecular complexity index is 689. The fraction of sp³-hybridized carbons (Fsp3) is 0.353. The summed E-state index contributed by atoms with van der Waals surface area (Å²) in [6, 6.07) is 6.59. The molecule has 0 saturated carbocycles. The second-order valence-electron chi connectivity index (χ2n) is 5.43. The lowest BCUT2D eigenvalue weighted by atomic mass is 9.99. The summed E-state index contributed by atoms with van der Waals surface area (Å²) in [5.41, 5.74) is -0.120. The summed E-state index contributed by atoms with van der Waals surface area (Å²) in [6.45, 7) is 3.92. The first-order valence-corrected chi connectivity index (χ1v) is 7.57. The van der Waals surface area contributed by atoms with E-state index in [0.29, 0.717) is 12.1 Å². The van der Waals surface area contributed by atoms with E-state index in [9.17, 15) is 18.0 Å². The lowest BCUT2D eigenvalue weighted by molar-refractivity contribution is -0.138. The highest BCUT2D eigenvalue weighted by Gasteiger charge is 2.33. The van der Waals surface area contributed by atoms with Crippen LogP contribution in [-0.2, 0) is 12.6 Å². The quantitative estimate of drug-likeness (QED) is 0.838. The van der Waals surface area contributed by atoms with Crippen molar-refractivity contribution in [2.45, 2.75) is 32.5 Å². The summed E-state index contributed by atoms with van der Waals surface area (Å²) in [6.07, 6.45) is -1.54. The van der Waals surface area contributed by atoms with Crippen LogP contribution in [0.3, 0.4) is 0 Å². The van der Waals surface area contributed by atoms with Crippen LogP contribution in [-0.4, -0.2) is 33.6 Å². The molecule has 1 unspecified atom stereocenters. The first-order chi connectivity index (χ1) is 11.3. The molecule has 0 fully saturated rings. The van der Waals surface area contributed by atoms with Gasteiger partial charge in [0.2, 0.25) is 0 Å². The number of amides is 1. The Balaban J connectivity index is 2.22. The van der Waals surface area contributed by atoms with Crippen LogP contribution in [0.5, 0.6) is 0 Å². The summed E-state index contributed by atoms with van der Waals surface area (Å²) in [4.78, 5) is 14.1. The third kappa shape index (κ3) is 4.10. The zero-order valence-electron chi connectivity index (χ0n) is 13.4. The van der Waals surface area contributed by atoms with Gasteiger partial charge < -0.3 is 4.90 Å². The van der Waals surface area contributed by atoms with Crippen molar-refractivity contribution in [2.24, 2.45) is 0 Å². The van der Waals surface area contributed by atoms with E-state index in [1.165, 1.54) is 35.5 Å². The van der Waals surface area contributed by atoms with Crippen molar-refractivity contribution in [3.8, 4) is 0 Å². The third-order valence-corrected chi connectivity index (χ3v) is 3.80. The van der Waals surface area contributed by atoms with Gasteiger partial charge in [0.25, 0.3) is 5.91 Å². The first kappa shape index (κ1) is 17.9. The number of aromatic nitrogens is 2. The third-order valence-electron chi connectivity index (χ3n) is 3.80. The monoisotopic (exact) mass is 337 g/mol. The van der Waals surface area contributed by atoms with Gasteiger partial charge in [0.05, 0.1) is 23.5 Å². The number of hydrogen-bond donors (Lipinski definition) is 0. The molecule has 1 aromatic carbocycles. The molecule has 0 aliphatic rings. The van der Waals surface area contributed by atoms with Crippen molar-refractivity contribution in [3.05, 3.63) is 59.4 Å². The Labute approximate surface area is 138 Å². The zero-order valence-corrected chi connectivity index (χ0v) is 13.4. The van der Waals surface area contributed by atoms with Crippen molar-refractivity contribution in [3.63, 3.8) is 0 Å². The molecule has 128 valence electrons. The van der Waals surface area contributed by atoms with Crippen LogP contribution in [0.1, 0.15) is 35.3 Å². The molecular weight excluding hydrogens is 319 g/mol. The normalized spacial score (nSPS) is 12.7. The highest BCUT2D eigenvalue weighted by Crippen LogP contribution is 2.32. The van der Waals surface area contributed by atoms with Crippen molar-refractivity contribution >= 4 is 5.91 Å². The molecule has 2 aromatic rings. The molecule has 2 rings (SSSR count). The summed E-state index contributed by atoms with van der Waals surface area (Å²) < 4.78 is 39.3. The molecule has 1 atom stereocenters. The average molecular weight is 337 g/mol. The summed E-state index contributed by atoms with van der Waals surface area (Å²) in [5.74, 6) is -0.274. The van der Waals surface area contributed by atoms with Crippen LogP contribution in [0, 0.1) is 0 Å². The van der Waals surface area contributed by atoms with E-state index in [1.54, 1.807) is 19.9 Å². The van der Waals surface area contributed by atoms with E-state index in [2.05, 4.69) is 10.2 Å². The summed E-state index contributed by atoms with van der Waals surface area (Å²) in [7, 11) is 0. The van der Waals surface area contributed by atoms with Crippen LogP contribution in [0.2, 0.25) is 0 Å². The Kier molecular flexibility index (Phi) is 5.54. The molecule has 0 bridgehead atoms. The van der Waals surface area contributed by atoms with E-state index in [4.69, 9.17) is 0 Å². The lowest BCUT2D eigenvalue weighted by Crippen LogP contribution is -2.40. The predicted octanol–water partition coefficient (Wildman–Crippen LogP) is 3.59. The Morgan fingerprint density at radius 3 is 2.50 bits per heavy atom. The lowest BCUT2D eigenvalue weighted by Gasteiger charge is -2.29. The fourth-order valence-electron chi connectivity index (χ4n) is 2.64. The maximum absolute atomic E-state index is 13.1. The maximum Gasteiger partial charge on any atom is 0.416 e. The Morgan fingerprint density at radius 2 is 1.92 bits per heavy atom. The number of likely N-dealkylation sites (N-methyl/N-ethyl adjacent to an activating group) is 1. The molecule has 24 heavy (non-hydrogen) atoms. The largest absolute Gasteiger partial charge is 0.416 e. The molecule has 0 saturated heterocycles. The number of benzene rings is 1. The molecule has 0 N–H and O–H groups in total. The van der Waals surface area contributed by atoms with Crippen molar-refractivity contribution in [1.29, 1.82) is 0 Å². The number of carbonyl (C=O) groups excluding carboxylic acids is 1. The second-order valence-corrected chi connectivity index (χ2v) is 5.43. The van der Waals surface area contributed by atoms with E-state index >= 15 is 0 Å². The van der Waals surface area contributed by atoms with Crippen molar-refractivity contribution in [2.75, 3.05) is 6.54 Å². The molecule has 0 spiro atoms. The van der Waals surface area contributed by atoms with Gasteiger partial charge in [-0.1, -0.05) is 18.2 Å². The molecule has 1 amide bonds. The van der Waals surface area contributed by atoms with Gasteiger partial charge in [-0.3, -0.25) is 4.79 Å². The number of nitrogens with zero attached hydrogens (tertiary/aromatic N) is 3. The molecule has 0 aliphatic heterocycles. The molecule has 1 aromatic heterocycles. The summed E-state index contributed by atoms with van der Waals surface area (Å²) in [5, 5.41) is 7.28. The van der Waals surface area contributed by atoms with Gasteiger partial charge in [0.15, 0.2) is 0 Å². The smallest absolute Gasteiger partial charge is 0.336 e. The minimum absolute atomic E-state index is 0.119. The van der Waals surface area contributed by atoms with Crippen molar-refractivity contribution in [1.82, 2.24) is 15.1 Å². The van der Waals surface area contributed by atoms with Gasteiger partial charge in [-0.2, -0.15) is 23.4 Å². The summed E-state index contributed by atoms with van der Waals surface area (Å²) >= 11 is 0. The van der Waals surface area contributed by atoms with Crippen LogP contribution in [0.15, 0.2) is 42.7 Å². The molecule has 0 aliphatic carbocycles. The van der Waals surface area contributed by atoms with Crippen LogP contribution in [0.4, 0.5) is 13.2 Å². The van der Waals surface area contributed by atoms with Gasteiger partial charge in [0.1, 0.15) is 0 Å². The molecular formula is C17H18F3N3O. The topological polar surface area (TPSA) is 46.1 Å². The van der Waals surface area contributed by atoms with Crippen LogP contribution in [0.25, 0.3) is 0 Å². The first-order valence-electron chi connectivity index (χ1n) is 7.57. The molecule has 7 heteroatoms. The Morgan fingerprint density at radius 1 is 1.21 bits per heavy atom. The molecule has 1 heterocycles. The number of carbonyl (C=O) groups is 1. The fourth-order valence-corrected chi connectivity index (χ4v) is 2.64. The minimum Gasteiger partial charge on any atom is -0.336 e. The highest BCUT2D eigenvalue weighted by molar-refractivity contribution is 5.94. The van der Waals surface area contributed by atoms with Crippen molar-refractivity contribution < 1.29 is 18.0 Å². The van der Waals surface area contributed by atoms with Gasteiger partial charge in [-0.25, -0.2) is 0 Å². The predicted molar refractivity (Wildman–Crippen MR) is 83.4 cm³/mol. The SMILES string of the molecule is CCN(C(=O)c1ccnnc1)C(C)Cc1ccccc1C(F)(F)F. The van der Waals surface area contributed by atoms with E-state index in [0.717, 1.165) is 6.07 Å². The number of halogens is 3. The second kappa shape index (κ2) is 7.42. The van der Waals surface area contributed by atoms with Crippen LogP contribution < -0.4 is 0 Å². The highest BCUT2D eigenvalue weighted by atomic mass is 19.4. The standard InChI is InChI=1S/C17H18F3N3O/c1-3-23(16(24)14-8-9-21-22-11-14)12(2)10-13-6-4-5-7-15(13)17(18,19)20/h4-9,11-12H,3,10H2,1-2H3. The van der Waals surface area contributed by atoms with Crippen LogP contribution >= 0.6 is 0 Å². The average Bonchev–Trinajstić information content (AvgIpc) is 2.55.